The molecule has 1 atom stereocenters. The summed E-state index contributed by atoms with van der Waals surface area (Å²) in [6, 6.07) is 8.24. The van der Waals surface area contributed by atoms with Crippen molar-refractivity contribution in [3.8, 4) is 5.75 Å². The molecule has 3 nitrogen and oxygen atoms in total. The van der Waals surface area contributed by atoms with Crippen molar-refractivity contribution >= 4 is 0 Å². The Bertz CT molecular complexity index is 396. The lowest BCUT2D eigenvalue weighted by atomic mass is 9.99. The van der Waals surface area contributed by atoms with E-state index in [-0.39, 0.29) is 6.10 Å². The smallest absolute Gasteiger partial charge is 0.137 e. The third kappa shape index (κ3) is 5.68. The molecule has 2 rings (SSSR count). The van der Waals surface area contributed by atoms with Gasteiger partial charge in [-0.2, -0.15) is 0 Å². The minimum absolute atomic E-state index is 0.372. The topological polar surface area (TPSA) is 33.9 Å². The average Bonchev–Trinajstić information content (AvgIpc) is 2.49. The standard InChI is InChI=1S/C18H29NO2/c1-3-4-16-5-7-18(8-6-16)21-14-17(20)13-19-11-9-15(2)10-12-19/h5-8,15,17,20H,3-4,9-14H2,1-2H3/p+1. The Hall–Kier alpha value is -1.06. The maximum Gasteiger partial charge on any atom is 0.137 e. The molecule has 0 radical (unpaired) electrons. The van der Waals surface area contributed by atoms with Crippen LogP contribution in [-0.4, -0.2) is 37.5 Å². The van der Waals surface area contributed by atoms with Gasteiger partial charge in [-0.3, -0.25) is 0 Å². The van der Waals surface area contributed by atoms with Crippen LogP contribution in [0.5, 0.6) is 5.75 Å². The van der Waals surface area contributed by atoms with Gasteiger partial charge in [0.05, 0.1) is 13.1 Å². The zero-order valence-electron chi connectivity index (χ0n) is 13.5. The second-order valence-corrected chi connectivity index (χ2v) is 6.50. The summed E-state index contributed by atoms with van der Waals surface area (Å²) in [6.45, 7) is 8.07. The number of rotatable bonds is 7. The van der Waals surface area contributed by atoms with Crippen LogP contribution in [0.25, 0.3) is 0 Å². The number of quaternary nitrogens is 1. The van der Waals surface area contributed by atoms with Crippen molar-refractivity contribution in [3.05, 3.63) is 29.8 Å². The fraction of sp³-hybridized carbons (Fsp3) is 0.667. The van der Waals surface area contributed by atoms with Crippen molar-refractivity contribution in [1.29, 1.82) is 0 Å². The molecular weight excluding hydrogens is 262 g/mol. The maximum atomic E-state index is 10.1. The number of aryl methyl sites for hydroxylation is 1. The predicted octanol–water partition coefficient (Wildman–Crippen LogP) is 1.69. The van der Waals surface area contributed by atoms with Gasteiger partial charge in [-0.05, 0) is 42.9 Å². The van der Waals surface area contributed by atoms with Gasteiger partial charge >= 0.3 is 0 Å². The highest BCUT2D eigenvalue weighted by Crippen LogP contribution is 2.13. The highest BCUT2D eigenvalue weighted by molar-refractivity contribution is 5.27. The summed E-state index contributed by atoms with van der Waals surface area (Å²) in [5, 5.41) is 10.1. The summed E-state index contributed by atoms with van der Waals surface area (Å²) >= 11 is 0. The number of hydrogen-bond acceptors (Lipinski definition) is 2. The van der Waals surface area contributed by atoms with Crippen molar-refractivity contribution in [2.45, 2.75) is 45.6 Å². The van der Waals surface area contributed by atoms with E-state index < -0.39 is 0 Å². The summed E-state index contributed by atoms with van der Waals surface area (Å²) in [7, 11) is 0. The van der Waals surface area contributed by atoms with Crippen LogP contribution in [0.1, 0.15) is 38.7 Å². The largest absolute Gasteiger partial charge is 0.491 e. The number of benzene rings is 1. The van der Waals surface area contributed by atoms with E-state index in [9.17, 15) is 5.11 Å². The zero-order chi connectivity index (χ0) is 15.1. The summed E-state index contributed by atoms with van der Waals surface area (Å²) in [5.41, 5.74) is 1.34. The summed E-state index contributed by atoms with van der Waals surface area (Å²) in [4.78, 5) is 1.52. The first-order valence-corrected chi connectivity index (χ1v) is 8.40. The number of aliphatic hydroxyl groups excluding tert-OH is 1. The van der Waals surface area contributed by atoms with Crippen LogP contribution in [0, 0.1) is 5.92 Å². The number of likely N-dealkylation sites (tertiary alicyclic amines) is 1. The SMILES string of the molecule is CCCc1ccc(OCC(O)C[NH+]2CCC(C)CC2)cc1. The molecule has 0 amide bonds. The Labute approximate surface area is 128 Å². The molecule has 1 aliphatic heterocycles. The first-order valence-electron chi connectivity index (χ1n) is 8.40. The Kier molecular flexibility index (Phi) is 6.52. The molecule has 2 N–H and O–H groups in total. The number of nitrogens with one attached hydrogen (secondary N) is 1. The molecule has 1 saturated heterocycles. The Balaban J connectivity index is 1.69. The van der Waals surface area contributed by atoms with Gasteiger partial charge in [0, 0.05) is 0 Å². The minimum atomic E-state index is -0.372. The average molecular weight is 292 g/mol. The minimum Gasteiger partial charge on any atom is -0.491 e. The maximum absolute atomic E-state index is 10.1. The molecule has 21 heavy (non-hydrogen) atoms. The van der Waals surface area contributed by atoms with Crippen LogP contribution in [0.2, 0.25) is 0 Å². The van der Waals surface area contributed by atoms with Gasteiger partial charge in [0.15, 0.2) is 0 Å². The lowest BCUT2D eigenvalue weighted by Crippen LogP contribution is -3.14. The van der Waals surface area contributed by atoms with E-state index in [1.807, 2.05) is 12.1 Å². The first kappa shape index (κ1) is 16.3. The van der Waals surface area contributed by atoms with E-state index in [1.165, 1.54) is 36.4 Å². The van der Waals surface area contributed by atoms with Crippen molar-refractivity contribution in [1.82, 2.24) is 0 Å². The zero-order valence-corrected chi connectivity index (χ0v) is 13.5. The molecule has 1 heterocycles. The second kappa shape index (κ2) is 8.40. The van der Waals surface area contributed by atoms with Crippen LogP contribution in [0.3, 0.4) is 0 Å². The van der Waals surface area contributed by atoms with Crippen LogP contribution in [0.15, 0.2) is 24.3 Å². The van der Waals surface area contributed by atoms with Gasteiger partial charge in [0.2, 0.25) is 0 Å². The highest BCUT2D eigenvalue weighted by Gasteiger charge is 2.21. The molecule has 0 aromatic heterocycles. The Morgan fingerprint density at radius 3 is 2.52 bits per heavy atom. The molecule has 3 heteroatoms. The van der Waals surface area contributed by atoms with Crippen molar-refractivity contribution in [2.75, 3.05) is 26.2 Å². The number of ether oxygens (including phenoxy) is 1. The lowest BCUT2D eigenvalue weighted by Gasteiger charge is -2.28. The number of piperidine rings is 1. The molecule has 1 unspecified atom stereocenters. The third-order valence-electron chi connectivity index (χ3n) is 4.41. The Morgan fingerprint density at radius 2 is 1.90 bits per heavy atom. The molecule has 1 aromatic carbocycles. The van der Waals surface area contributed by atoms with Crippen LogP contribution < -0.4 is 9.64 Å². The van der Waals surface area contributed by atoms with Crippen molar-refractivity contribution < 1.29 is 14.7 Å². The fourth-order valence-electron chi connectivity index (χ4n) is 3.00. The molecule has 0 saturated carbocycles. The van der Waals surface area contributed by atoms with E-state index >= 15 is 0 Å². The van der Waals surface area contributed by atoms with Crippen molar-refractivity contribution in [2.24, 2.45) is 5.92 Å². The molecule has 118 valence electrons. The number of aliphatic hydroxyl groups is 1. The van der Waals surface area contributed by atoms with E-state index in [0.29, 0.717) is 6.61 Å². The van der Waals surface area contributed by atoms with Crippen LogP contribution in [-0.2, 0) is 6.42 Å². The van der Waals surface area contributed by atoms with Crippen molar-refractivity contribution in [3.63, 3.8) is 0 Å². The normalized spacial score (nSPS) is 23.8. The highest BCUT2D eigenvalue weighted by atomic mass is 16.5. The van der Waals surface area contributed by atoms with E-state index in [4.69, 9.17) is 4.74 Å². The molecule has 0 aliphatic carbocycles. The quantitative estimate of drug-likeness (QED) is 0.802. The second-order valence-electron chi connectivity index (χ2n) is 6.50. The molecule has 1 aromatic rings. The van der Waals surface area contributed by atoms with Gasteiger partial charge < -0.3 is 14.7 Å². The molecule has 1 aliphatic rings. The summed E-state index contributed by atoms with van der Waals surface area (Å²) < 4.78 is 5.70. The molecule has 1 fully saturated rings. The van der Waals surface area contributed by atoms with Gasteiger partial charge in [0.25, 0.3) is 0 Å². The van der Waals surface area contributed by atoms with E-state index in [0.717, 1.165) is 31.1 Å². The summed E-state index contributed by atoms with van der Waals surface area (Å²) in [5.74, 6) is 1.71. The van der Waals surface area contributed by atoms with Gasteiger partial charge in [0.1, 0.15) is 25.0 Å². The lowest BCUT2D eigenvalue weighted by molar-refractivity contribution is -0.909. The van der Waals surface area contributed by atoms with Crippen LogP contribution >= 0.6 is 0 Å². The molecule has 0 spiro atoms. The Morgan fingerprint density at radius 1 is 1.24 bits per heavy atom. The van der Waals surface area contributed by atoms with Crippen LogP contribution in [0.4, 0.5) is 0 Å². The molecular formula is C18H30NO2+. The predicted molar refractivity (Wildman–Crippen MR) is 85.9 cm³/mol. The van der Waals surface area contributed by atoms with Gasteiger partial charge in [-0.15, -0.1) is 0 Å². The fourth-order valence-corrected chi connectivity index (χ4v) is 3.00. The van der Waals surface area contributed by atoms with E-state index in [2.05, 4.69) is 26.0 Å². The number of hydrogen-bond donors (Lipinski definition) is 2. The monoisotopic (exact) mass is 292 g/mol. The van der Waals surface area contributed by atoms with Gasteiger partial charge in [-0.1, -0.05) is 32.4 Å². The first-order chi connectivity index (χ1) is 10.2. The van der Waals surface area contributed by atoms with E-state index in [1.54, 1.807) is 0 Å². The molecule has 0 bridgehead atoms. The third-order valence-corrected chi connectivity index (χ3v) is 4.41. The van der Waals surface area contributed by atoms with Gasteiger partial charge in [-0.25, -0.2) is 0 Å². The summed E-state index contributed by atoms with van der Waals surface area (Å²) in [6.07, 6.45) is 4.46.